The van der Waals surface area contributed by atoms with Crippen LogP contribution in [0.25, 0.3) is 11.0 Å². The molecule has 0 spiro atoms. The summed E-state index contributed by atoms with van der Waals surface area (Å²) in [7, 11) is -5.35. The van der Waals surface area contributed by atoms with Gasteiger partial charge in [-0.05, 0) is 43.3 Å². The number of halogens is 3. The molecule has 0 amide bonds. The lowest BCUT2D eigenvalue weighted by atomic mass is 10.1. The molecule has 1 atom stereocenters. The molecule has 0 saturated carbocycles. The zero-order valence-electron chi connectivity index (χ0n) is 18.8. The monoisotopic (exact) mass is 500 g/mol. The Kier molecular flexibility index (Phi) is 6.82. The summed E-state index contributed by atoms with van der Waals surface area (Å²) in [5, 5.41) is 10.3. The van der Waals surface area contributed by atoms with Gasteiger partial charge in [0.05, 0.1) is 20.8 Å². The van der Waals surface area contributed by atoms with Crippen molar-refractivity contribution >= 4 is 28.9 Å². The maximum atomic E-state index is 13.6. The van der Waals surface area contributed by atoms with Crippen LogP contribution >= 0.6 is 0 Å². The largest absolute Gasteiger partial charge is 0.424 e. The van der Waals surface area contributed by atoms with Gasteiger partial charge in [-0.15, -0.1) is 0 Å². The van der Waals surface area contributed by atoms with E-state index in [0.717, 1.165) is 10.6 Å². The summed E-state index contributed by atoms with van der Waals surface area (Å²) in [6.45, 7) is 7.06. The van der Waals surface area contributed by atoms with Gasteiger partial charge in [0, 0.05) is 14.7 Å². The standard InChI is InChI=1S/C22H27F3N2O4SSi/c1-21(28,22(23,24)25)20-26-18-11-10-17(32(29,30)16-8-6-5-7-9-16)14-19(18)27(20)15-31-12-13-33(2,3)4/h5-11,14,28H,12-13,15H2,1-4H3. The molecule has 1 heterocycles. The molecule has 180 valence electrons. The Labute approximate surface area is 192 Å². The maximum Gasteiger partial charge on any atom is 0.424 e. The van der Waals surface area contributed by atoms with Gasteiger partial charge in [-0.25, -0.2) is 13.4 Å². The van der Waals surface area contributed by atoms with Crippen LogP contribution in [-0.4, -0.2) is 43.9 Å². The smallest absolute Gasteiger partial charge is 0.374 e. The van der Waals surface area contributed by atoms with Crippen molar-refractivity contribution in [3.8, 4) is 0 Å². The topological polar surface area (TPSA) is 81.4 Å². The second kappa shape index (κ2) is 8.86. The highest BCUT2D eigenvalue weighted by Gasteiger charge is 2.54. The molecular weight excluding hydrogens is 473 g/mol. The van der Waals surface area contributed by atoms with Gasteiger partial charge in [0.1, 0.15) is 6.73 Å². The number of hydrogen-bond donors (Lipinski definition) is 1. The molecule has 0 aliphatic carbocycles. The second-order valence-corrected chi connectivity index (χ2v) is 16.8. The Bertz CT molecular complexity index is 1230. The molecule has 0 radical (unpaired) electrons. The summed E-state index contributed by atoms with van der Waals surface area (Å²) in [6.07, 6.45) is -5.00. The first kappa shape index (κ1) is 25.4. The van der Waals surface area contributed by atoms with Gasteiger partial charge in [-0.2, -0.15) is 13.2 Å². The molecule has 3 rings (SSSR count). The van der Waals surface area contributed by atoms with E-state index < -0.39 is 35.5 Å². The average Bonchev–Trinajstić information content (AvgIpc) is 3.09. The third kappa shape index (κ3) is 5.31. The summed E-state index contributed by atoms with van der Waals surface area (Å²) in [6, 6.07) is 12.4. The Balaban J connectivity index is 2.11. The third-order valence-electron chi connectivity index (χ3n) is 5.29. The van der Waals surface area contributed by atoms with Crippen LogP contribution in [0.2, 0.25) is 25.7 Å². The second-order valence-electron chi connectivity index (χ2n) is 9.25. The number of benzene rings is 2. The number of ether oxygens (including phenoxy) is 1. The van der Waals surface area contributed by atoms with Gasteiger partial charge >= 0.3 is 6.18 Å². The van der Waals surface area contributed by atoms with Crippen LogP contribution in [0.3, 0.4) is 0 Å². The lowest BCUT2D eigenvalue weighted by Gasteiger charge is -2.26. The van der Waals surface area contributed by atoms with E-state index in [2.05, 4.69) is 24.6 Å². The van der Waals surface area contributed by atoms with Crippen LogP contribution in [0, 0.1) is 0 Å². The molecule has 0 bridgehead atoms. The minimum atomic E-state index is -5.00. The van der Waals surface area contributed by atoms with Crippen LogP contribution in [0.4, 0.5) is 13.2 Å². The van der Waals surface area contributed by atoms with Crippen LogP contribution in [0.15, 0.2) is 58.3 Å². The van der Waals surface area contributed by atoms with Gasteiger partial charge in [-0.1, -0.05) is 37.8 Å². The number of hydrogen-bond acceptors (Lipinski definition) is 5. The van der Waals surface area contributed by atoms with E-state index in [4.69, 9.17) is 4.74 Å². The number of alkyl halides is 3. The Morgan fingerprint density at radius 3 is 2.27 bits per heavy atom. The van der Waals surface area contributed by atoms with E-state index in [0.29, 0.717) is 13.5 Å². The fourth-order valence-corrected chi connectivity index (χ4v) is 5.23. The van der Waals surface area contributed by atoms with Crippen molar-refractivity contribution < 1.29 is 31.4 Å². The molecule has 0 saturated heterocycles. The minimum absolute atomic E-state index is 0.0595. The quantitative estimate of drug-likeness (QED) is 0.350. The zero-order chi connectivity index (χ0) is 24.7. The van der Waals surface area contributed by atoms with Gasteiger partial charge in [0.25, 0.3) is 0 Å². The van der Waals surface area contributed by atoms with Crippen molar-refractivity contribution in [2.24, 2.45) is 0 Å². The average molecular weight is 501 g/mol. The van der Waals surface area contributed by atoms with E-state index >= 15 is 0 Å². The first-order chi connectivity index (χ1) is 15.1. The van der Waals surface area contributed by atoms with Gasteiger partial charge in [-0.3, -0.25) is 0 Å². The molecule has 0 aliphatic heterocycles. The van der Waals surface area contributed by atoms with Crippen molar-refractivity contribution in [3.05, 3.63) is 54.4 Å². The Morgan fingerprint density at radius 2 is 1.70 bits per heavy atom. The molecule has 11 heteroatoms. The number of sulfone groups is 1. The summed E-state index contributed by atoms with van der Waals surface area (Å²) >= 11 is 0. The van der Waals surface area contributed by atoms with Crippen molar-refractivity contribution in [1.82, 2.24) is 9.55 Å². The molecule has 6 nitrogen and oxygen atoms in total. The first-order valence-corrected chi connectivity index (χ1v) is 15.5. The number of rotatable bonds is 8. The molecule has 1 N–H and O–H groups in total. The van der Waals surface area contributed by atoms with Crippen LogP contribution in [-0.2, 0) is 26.9 Å². The number of imidazole rings is 1. The molecule has 3 aromatic rings. The molecule has 33 heavy (non-hydrogen) atoms. The number of aromatic nitrogens is 2. The SMILES string of the molecule is CC(O)(c1nc2ccc(S(=O)(=O)c3ccccc3)cc2n1COCC[Si](C)(C)C)C(F)(F)F. The van der Waals surface area contributed by atoms with E-state index in [9.17, 15) is 26.7 Å². The van der Waals surface area contributed by atoms with Crippen molar-refractivity contribution in [2.75, 3.05) is 6.61 Å². The summed E-state index contributed by atoms with van der Waals surface area (Å²) in [5.41, 5.74) is -3.01. The number of nitrogens with zero attached hydrogens (tertiary/aromatic N) is 2. The molecule has 2 aromatic carbocycles. The van der Waals surface area contributed by atoms with Crippen molar-refractivity contribution in [3.63, 3.8) is 0 Å². The Hall–Kier alpha value is -2.21. The van der Waals surface area contributed by atoms with Crippen molar-refractivity contribution in [1.29, 1.82) is 0 Å². The highest BCUT2D eigenvalue weighted by molar-refractivity contribution is 7.91. The predicted molar refractivity (Wildman–Crippen MR) is 121 cm³/mol. The van der Waals surface area contributed by atoms with Crippen LogP contribution in [0.5, 0.6) is 0 Å². The minimum Gasteiger partial charge on any atom is -0.374 e. The first-order valence-electron chi connectivity index (χ1n) is 10.3. The fraction of sp³-hybridized carbons (Fsp3) is 0.409. The van der Waals surface area contributed by atoms with E-state index in [1.165, 1.54) is 30.3 Å². The molecule has 0 fully saturated rings. The molecule has 0 aliphatic rings. The Morgan fingerprint density at radius 1 is 1.06 bits per heavy atom. The van der Waals surface area contributed by atoms with Gasteiger partial charge in [0.2, 0.25) is 15.4 Å². The molecular formula is C22H27F3N2O4SSi. The van der Waals surface area contributed by atoms with Crippen LogP contribution < -0.4 is 0 Å². The number of fused-ring (bicyclic) bond motifs is 1. The molecule has 1 unspecified atom stereocenters. The maximum absolute atomic E-state index is 13.6. The van der Waals surface area contributed by atoms with E-state index in [1.807, 2.05) is 0 Å². The van der Waals surface area contributed by atoms with Crippen molar-refractivity contribution in [2.45, 2.75) is 60.9 Å². The van der Waals surface area contributed by atoms with E-state index in [-0.39, 0.29) is 27.6 Å². The van der Waals surface area contributed by atoms with E-state index in [1.54, 1.807) is 18.2 Å². The number of aliphatic hydroxyl groups is 1. The van der Waals surface area contributed by atoms with Crippen LogP contribution in [0.1, 0.15) is 12.7 Å². The third-order valence-corrected chi connectivity index (χ3v) is 8.76. The summed E-state index contributed by atoms with van der Waals surface area (Å²) < 4.78 is 73.7. The summed E-state index contributed by atoms with van der Waals surface area (Å²) in [5.74, 6) is -0.660. The predicted octanol–water partition coefficient (Wildman–Crippen LogP) is 4.95. The zero-order valence-corrected chi connectivity index (χ0v) is 20.7. The highest BCUT2D eigenvalue weighted by Crippen LogP contribution is 2.39. The fourth-order valence-electron chi connectivity index (χ4n) is 3.17. The normalized spacial score (nSPS) is 15.0. The lowest BCUT2D eigenvalue weighted by Crippen LogP contribution is -2.41. The lowest BCUT2D eigenvalue weighted by molar-refractivity contribution is -0.263. The van der Waals surface area contributed by atoms with Gasteiger partial charge < -0.3 is 14.4 Å². The molecule has 1 aromatic heterocycles. The van der Waals surface area contributed by atoms with Gasteiger partial charge in [0.15, 0.2) is 5.82 Å². The highest BCUT2D eigenvalue weighted by atomic mass is 32.2. The summed E-state index contributed by atoms with van der Waals surface area (Å²) in [4.78, 5) is 3.97.